The largest absolute Gasteiger partial charge is 0.449 e. The number of rotatable bonds is 0. The Bertz CT molecular complexity index is 747. The van der Waals surface area contributed by atoms with Gasteiger partial charge in [0.1, 0.15) is 0 Å². The molecule has 0 amide bonds. The molecule has 0 unspecified atom stereocenters. The van der Waals surface area contributed by atoms with Gasteiger partial charge in [0.15, 0.2) is 5.71 Å². The van der Waals surface area contributed by atoms with E-state index in [0.717, 1.165) is 27.5 Å². The molecule has 3 nitrogen and oxygen atoms in total. The summed E-state index contributed by atoms with van der Waals surface area (Å²) in [6.07, 6.45) is 5.38. The van der Waals surface area contributed by atoms with Gasteiger partial charge in [0.05, 0.1) is 11.9 Å². The van der Waals surface area contributed by atoms with Crippen molar-refractivity contribution in [3.8, 4) is 0 Å². The summed E-state index contributed by atoms with van der Waals surface area (Å²) in [5.41, 5.74) is 1.72. The van der Waals surface area contributed by atoms with Crippen molar-refractivity contribution in [2.45, 2.75) is 0 Å². The zero-order chi connectivity index (χ0) is 10.5. The van der Waals surface area contributed by atoms with E-state index in [1.807, 2.05) is 28.8 Å². The molecule has 0 saturated heterocycles. The van der Waals surface area contributed by atoms with Crippen molar-refractivity contribution < 1.29 is 24.5 Å². The fourth-order valence-electron chi connectivity index (χ4n) is 2.19. The fraction of sp³-hybridized carbons (Fsp3) is 0. The molecule has 4 aromatic rings. The summed E-state index contributed by atoms with van der Waals surface area (Å²) in [5, 5.41) is 3.25. The van der Waals surface area contributed by atoms with Crippen molar-refractivity contribution in [2.75, 3.05) is 0 Å². The molecule has 3 aromatic heterocycles. The number of fused-ring (bicyclic) bond motifs is 6. The van der Waals surface area contributed by atoms with Gasteiger partial charge in [0, 0.05) is 37.9 Å². The van der Waals surface area contributed by atoms with Gasteiger partial charge in [-0.25, -0.2) is 0 Å². The summed E-state index contributed by atoms with van der Waals surface area (Å²) >= 11 is 0. The summed E-state index contributed by atoms with van der Waals surface area (Å²) in [7, 11) is 0. The second-order valence-corrected chi connectivity index (χ2v) is 3.72. The number of furan rings is 1. The molecule has 0 atom stereocenters. The smallest absolute Gasteiger partial charge is 0.195 e. The molecule has 0 bridgehead atoms. The third kappa shape index (κ3) is 1.28. The van der Waals surface area contributed by atoms with Crippen LogP contribution in [0.3, 0.4) is 0 Å². The van der Waals surface area contributed by atoms with Crippen LogP contribution in [0.1, 0.15) is 0 Å². The van der Waals surface area contributed by atoms with Gasteiger partial charge >= 0.3 is 0 Å². The van der Waals surface area contributed by atoms with Crippen LogP contribution in [0, 0.1) is 6.07 Å². The minimum atomic E-state index is 0. The second-order valence-electron chi connectivity index (χ2n) is 3.72. The topological polar surface area (TPSA) is 30.4 Å². The Morgan fingerprint density at radius 2 is 2.18 bits per heavy atom. The van der Waals surface area contributed by atoms with E-state index in [9.17, 15) is 0 Å². The third-order valence-electron chi connectivity index (χ3n) is 2.87. The first kappa shape index (κ1) is 10.5. The Morgan fingerprint density at radius 1 is 1.24 bits per heavy atom. The number of benzene rings is 1. The molecule has 0 aliphatic heterocycles. The predicted octanol–water partition coefficient (Wildman–Crippen LogP) is 3.03. The molecule has 1 radical (unpaired) electrons. The van der Waals surface area contributed by atoms with E-state index in [-0.39, 0.29) is 20.1 Å². The summed E-state index contributed by atoms with van der Waals surface area (Å²) in [6.45, 7) is 0. The average Bonchev–Trinajstić information content (AvgIpc) is 2.98. The summed E-state index contributed by atoms with van der Waals surface area (Å²) in [4.78, 5) is 4.35. The third-order valence-corrected chi connectivity index (χ3v) is 2.87. The molecule has 4 heteroatoms. The molecule has 3 heterocycles. The first-order valence-electron chi connectivity index (χ1n) is 5.08. The Hall–Kier alpha value is -1.64. The van der Waals surface area contributed by atoms with E-state index < -0.39 is 0 Å². The van der Waals surface area contributed by atoms with Crippen molar-refractivity contribution >= 4 is 27.5 Å². The van der Waals surface area contributed by atoms with E-state index in [4.69, 9.17) is 4.42 Å². The normalized spacial score (nSPS) is 11.1. The maximum Gasteiger partial charge on any atom is 0.195 e. The van der Waals surface area contributed by atoms with Crippen molar-refractivity contribution in [3.05, 3.63) is 49.0 Å². The zero-order valence-corrected chi connectivity index (χ0v) is 11.1. The molecular weight excluding hydrogens is 392 g/mol. The van der Waals surface area contributed by atoms with Crippen LogP contribution in [-0.4, -0.2) is 9.38 Å². The van der Waals surface area contributed by atoms with E-state index in [0.29, 0.717) is 0 Å². The SMILES string of the molecule is [Ir].[c-]1cccc2c1c1nccn1c1occc21. The molecule has 0 spiro atoms. The van der Waals surface area contributed by atoms with E-state index in [1.54, 1.807) is 12.5 Å². The van der Waals surface area contributed by atoms with Gasteiger partial charge < -0.3 is 8.82 Å². The van der Waals surface area contributed by atoms with Gasteiger partial charge in [-0.3, -0.25) is 4.98 Å². The number of pyridine rings is 1. The number of nitrogens with zero attached hydrogens (tertiary/aromatic N) is 2. The summed E-state index contributed by atoms with van der Waals surface area (Å²) in [5.74, 6) is 0. The first-order chi connectivity index (χ1) is 7.95. The standard InChI is InChI=1S/C13H7N2O.Ir/c1-2-4-10-9(3-1)11-5-8-16-13(11)15-7-6-14-12(10)15;/h1-3,5-8H;/q-1;. The van der Waals surface area contributed by atoms with Gasteiger partial charge in [-0.15, -0.1) is 24.3 Å². The van der Waals surface area contributed by atoms with E-state index in [1.165, 1.54) is 0 Å². The molecule has 0 N–H and O–H groups in total. The van der Waals surface area contributed by atoms with Crippen molar-refractivity contribution in [3.63, 3.8) is 0 Å². The van der Waals surface area contributed by atoms with Crippen LogP contribution in [0.2, 0.25) is 0 Å². The molecular formula is C13H7IrN2O-. The minimum absolute atomic E-state index is 0. The fourth-order valence-corrected chi connectivity index (χ4v) is 2.19. The molecule has 0 aliphatic rings. The van der Waals surface area contributed by atoms with Crippen LogP contribution in [-0.2, 0) is 20.1 Å². The summed E-state index contributed by atoms with van der Waals surface area (Å²) in [6, 6.07) is 11.2. The van der Waals surface area contributed by atoms with Gasteiger partial charge in [0.25, 0.3) is 0 Å². The molecule has 0 saturated carbocycles. The molecule has 0 aliphatic carbocycles. The number of hydrogen-bond donors (Lipinski definition) is 0. The average molecular weight is 399 g/mol. The Kier molecular flexibility index (Phi) is 2.28. The van der Waals surface area contributed by atoms with Gasteiger partial charge in [-0.05, 0) is 6.07 Å². The monoisotopic (exact) mass is 400 g/mol. The van der Waals surface area contributed by atoms with Crippen LogP contribution < -0.4 is 0 Å². The Balaban J connectivity index is 0.000000902. The number of imidazole rings is 1. The minimum Gasteiger partial charge on any atom is -0.449 e. The molecule has 17 heavy (non-hydrogen) atoms. The Labute approximate surface area is 110 Å². The summed E-state index contributed by atoms with van der Waals surface area (Å²) < 4.78 is 7.46. The second kappa shape index (κ2) is 3.69. The maximum absolute atomic E-state index is 5.51. The van der Waals surface area contributed by atoms with E-state index in [2.05, 4.69) is 17.1 Å². The van der Waals surface area contributed by atoms with Crippen molar-refractivity contribution in [2.24, 2.45) is 0 Å². The van der Waals surface area contributed by atoms with Gasteiger partial charge in [0.2, 0.25) is 0 Å². The van der Waals surface area contributed by atoms with Crippen molar-refractivity contribution in [1.29, 1.82) is 0 Å². The molecule has 4 rings (SSSR count). The predicted molar refractivity (Wildman–Crippen MR) is 61.3 cm³/mol. The van der Waals surface area contributed by atoms with E-state index >= 15 is 0 Å². The first-order valence-corrected chi connectivity index (χ1v) is 5.08. The molecule has 0 fully saturated rings. The number of hydrogen-bond acceptors (Lipinski definition) is 2. The van der Waals surface area contributed by atoms with Crippen LogP contribution in [0.5, 0.6) is 0 Å². The number of aromatic nitrogens is 2. The Morgan fingerprint density at radius 3 is 3.12 bits per heavy atom. The quantitative estimate of drug-likeness (QED) is 0.426. The zero-order valence-electron chi connectivity index (χ0n) is 8.68. The van der Waals surface area contributed by atoms with Crippen LogP contribution in [0.4, 0.5) is 0 Å². The van der Waals surface area contributed by atoms with Crippen LogP contribution in [0.25, 0.3) is 27.5 Å². The van der Waals surface area contributed by atoms with Crippen LogP contribution in [0.15, 0.2) is 47.3 Å². The van der Waals surface area contributed by atoms with Crippen LogP contribution >= 0.6 is 0 Å². The van der Waals surface area contributed by atoms with Crippen molar-refractivity contribution in [1.82, 2.24) is 9.38 Å². The van der Waals surface area contributed by atoms with Gasteiger partial charge in [-0.2, -0.15) is 0 Å². The maximum atomic E-state index is 5.51. The molecule has 1 aromatic carbocycles. The van der Waals surface area contributed by atoms with Gasteiger partial charge in [-0.1, -0.05) is 10.8 Å². The molecule has 85 valence electrons.